The number of rotatable bonds is 5. The van der Waals surface area contributed by atoms with Crippen molar-refractivity contribution in [1.29, 1.82) is 0 Å². The smallest absolute Gasteiger partial charge is 0.183 e. The van der Waals surface area contributed by atoms with Crippen LogP contribution >= 0.6 is 11.3 Å². The highest BCUT2D eigenvalue weighted by molar-refractivity contribution is 7.22. The standard InChI is InChI=1S/C16H15N3OS/c1-17-16-19-14-8-13(6-7-15(14)21-16)18-9-11-2-4-12(10-20)5-3-11/h2-8,10,18H,9H2,1H3,(H,17,19). The summed E-state index contributed by atoms with van der Waals surface area (Å²) in [5.74, 6) is 0. The van der Waals surface area contributed by atoms with Crippen LogP contribution in [0.5, 0.6) is 0 Å². The van der Waals surface area contributed by atoms with E-state index < -0.39 is 0 Å². The molecule has 2 aromatic carbocycles. The molecule has 0 amide bonds. The lowest BCUT2D eigenvalue weighted by molar-refractivity contribution is 0.112. The van der Waals surface area contributed by atoms with Gasteiger partial charge in [0, 0.05) is 24.8 Å². The Bertz CT molecular complexity index is 765. The fourth-order valence-corrected chi connectivity index (χ4v) is 2.86. The number of carbonyl (C=O) groups is 1. The number of nitrogens with one attached hydrogen (secondary N) is 2. The Morgan fingerprint density at radius 2 is 2.00 bits per heavy atom. The van der Waals surface area contributed by atoms with Crippen molar-refractivity contribution >= 4 is 38.7 Å². The lowest BCUT2D eigenvalue weighted by atomic mass is 10.1. The number of fused-ring (bicyclic) bond motifs is 1. The molecule has 0 aliphatic heterocycles. The van der Waals surface area contributed by atoms with Crippen molar-refractivity contribution in [3.8, 4) is 0 Å². The summed E-state index contributed by atoms with van der Waals surface area (Å²) >= 11 is 1.64. The molecule has 106 valence electrons. The van der Waals surface area contributed by atoms with Crippen LogP contribution < -0.4 is 10.6 Å². The Morgan fingerprint density at radius 1 is 1.19 bits per heavy atom. The fraction of sp³-hybridized carbons (Fsp3) is 0.125. The molecule has 0 saturated heterocycles. The molecule has 3 rings (SSSR count). The molecule has 2 N–H and O–H groups in total. The van der Waals surface area contributed by atoms with Gasteiger partial charge in [0.15, 0.2) is 5.13 Å². The van der Waals surface area contributed by atoms with E-state index in [9.17, 15) is 4.79 Å². The van der Waals surface area contributed by atoms with E-state index in [-0.39, 0.29) is 0 Å². The number of anilines is 2. The highest BCUT2D eigenvalue weighted by Gasteiger charge is 2.03. The number of aldehydes is 1. The first-order valence-electron chi connectivity index (χ1n) is 6.65. The number of carbonyl (C=O) groups excluding carboxylic acids is 1. The van der Waals surface area contributed by atoms with Crippen LogP contribution in [0, 0.1) is 0 Å². The topological polar surface area (TPSA) is 54.0 Å². The minimum Gasteiger partial charge on any atom is -0.381 e. The third-order valence-electron chi connectivity index (χ3n) is 3.21. The van der Waals surface area contributed by atoms with Gasteiger partial charge in [0.25, 0.3) is 0 Å². The van der Waals surface area contributed by atoms with Gasteiger partial charge in [-0.3, -0.25) is 4.79 Å². The number of hydrogen-bond donors (Lipinski definition) is 2. The molecule has 0 aliphatic carbocycles. The second-order valence-corrected chi connectivity index (χ2v) is 5.70. The van der Waals surface area contributed by atoms with Gasteiger partial charge in [0.1, 0.15) is 6.29 Å². The van der Waals surface area contributed by atoms with Crippen molar-refractivity contribution in [3.05, 3.63) is 53.6 Å². The highest BCUT2D eigenvalue weighted by atomic mass is 32.1. The largest absolute Gasteiger partial charge is 0.381 e. The van der Waals surface area contributed by atoms with E-state index in [1.165, 1.54) is 4.70 Å². The molecule has 4 nitrogen and oxygen atoms in total. The highest BCUT2D eigenvalue weighted by Crippen LogP contribution is 2.27. The van der Waals surface area contributed by atoms with Crippen LogP contribution in [0.2, 0.25) is 0 Å². The molecule has 1 aromatic heterocycles. The molecule has 21 heavy (non-hydrogen) atoms. The van der Waals surface area contributed by atoms with Crippen LogP contribution in [-0.4, -0.2) is 18.3 Å². The van der Waals surface area contributed by atoms with E-state index >= 15 is 0 Å². The quantitative estimate of drug-likeness (QED) is 0.704. The fourth-order valence-electron chi connectivity index (χ4n) is 2.06. The molecule has 0 bridgehead atoms. The van der Waals surface area contributed by atoms with Crippen LogP contribution in [0.15, 0.2) is 42.5 Å². The van der Waals surface area contributed by atoms with E-state index in [1.807, 2.05) is 37.4 Å². The first kappa shape index (κ1) is 13.6. The Labute approximate surface area is 126 Å². The number of thiazole rings is 1. The molecule has 0 spiro atoms. The molecule has 0 radical (unpaired) electrons. The van der Waals surface area contributed by atoms with Crippen molar-refractivity contribution < 1.29 is 4.79 Å². The molecular formula is C16H15N3OS. The zero-order valence-electron chi connectivity index (χ0n) is 11.6. The van der Waals surface area contributed by atoms with Crippen LogP contribution in [0.4, 0.5) is 10.8 Å². The van der Waals surface area contributed by atoms with Gasteiger partial charge in [-0.15, -0.1) is 0 Å². The van der Waals surface area contributed by atoms with Crippen molar-refractivity contribution in [1.82, 2.24) is 4.98 Å². The summed E-state index contributed by atoms with van der Waals surface area (Å²) in [6, 6.07) is 13.7. The summed E-state index contributed by atoms with van der Waals surface area (Å²) in [5.41, 5.74) is 3.86. The van der Waals surface area contributed by atoms with Crippen LogP contribution in [0.3, 0.4) is 0 Å². The second kappa shape index (κ2) is 5.93. The molecule has 0 atom stereocenters. The lowest BCUT2D eigenvalue weighted by Gasteiger charge is -2.06. The maximum Gasteiger partial charge on any atom is 0.183 e. The molecule has 0 aliphatic rings. The third-order valence-corrected chi connectivity index (χ3v) is 4.27. The Balaban J connectivity index is 1.73. The molecule has 5 heteroatoms. The summed E-state index contributed by atoms with van der Waals surface area (Å²) in [6.07, 6.45) is 0.854. The minimum atomic E-state index is 0.697. The van der Waals surface area contributed by atoms with E-state index in [2.05, 4.69) is 27.8 Å². The van der Waals surface area contributed by atoms with Gasteiger partial charge >= 0.3 is 0 Å². The minimum absolute atomic E-state index is 0.697. The molecule has 3 aromatic rings. The van der Waals surface area contributed by atoms with Gasteiger partial charge in [-0.1, -0.05) is 35.6 Å². The van der Waals surface area contributed by atoms with Crippen LogP contribution in [-0.2, 0) is 6.54 Å². The van der Waals surface area contributed by atoms with Gasteiger partial charge in [-0.25, -0.2) is 4.98 Å². The van der Waals surface area contributed by atoms with Crippen LogP contribution in [0.1, 0.15) is 15.9 Å². The van der Waals surface area contributed by atoms with E-state index in [1.54, 1.807) is 11.3 Å². The summed E-state index contributed by atoms with van der Waals surface area (Å²) in [4.78, 5) is 15.1. The maximum absolute atomic E-state index is 10.6. The van der Waals surface area contributed by atoms with Gasteiger partial charge in [-0.05, 0) is 23.8 Å². The normalized spacial score (nSPS) is 10.5. The molecule has 0 unspecified atom stereocenters. The summed E-state index contributed by atoms with van der Waals surface area (Å²) < 4.78 is 1.17. The molecule has 0 fully saturated rings. The van der Waals surface area contributed by atoms with Crippen molar-refractivity contribution in [2.24, 2.45) is 0 Å². The summed E-state index contributed by atoms with van der Waals surface area (Å²) in [5, 5.41) is 7.36. The number of nitrogens with zero attached hydrogens (tertiary/aromatic N) is 1. The van der Waals surface area contributed by atoms with E-state index in [0.29, 0.717) is 12.1 Å². The second-order valence-electron chi connectivity index (χ2n) is 4.66. The third kappa shape index (κ3) is 3.03. The van der Waals surface area contributed by atoms with Crippen LogP contribution in [0.25, 0.3) is 10.2 Å². The Kier molecular flexibility index (Phi) is 3.83. The number of hydrogen-bond acceptors (Lipinski definition) is 5. The number of benzene rings is 2. The van der Waals surface area contributed by atoms with E-state index in [0.717, 1.165) is 28.2 Å². The zero-order valence-corrected chi connectivity index (χ0v) is 12.4. The molecular weight excluding hydrogens is 282 g/mol. The molecule has 1 heterocycles. The predicted molar refractivity (Wildman–Crippen MR) is 88.3 cm³/mol. The Morgan fingerprint density at radius 3 is 2.71 bits per heavy atom. The average molecular weight is 297 g/mol. The van der Waals surface area contributed by atoms with Crippen molar-refractivity contribution in [2.75, 3.05) is 17.7 Å². The average Bonchev–Trinajstić information content (AvgIpc) is 2.95. The molecule has 0 saturated carbocycles. The number of aromatic nitrogens is 1. The predicted octanol–water partition coefficient (Wildman–Crippen LogP) is 3.76. The van der Waals surface area contributed by atoms with Gasteiger partial charge in [-0.2, -0.15) is 0 Å². The zero-order chi connectivity index (χ0) is 14.7. The lowest BCUT2D eigenvalue weighted by Crippen LogP contribution is -1.99. The van der Waals surface area contributed by atoms with E-state index in [4.69, 9.17) is 0 Å². The maximum atomic E-state index is 10.6. The summed E-state index contributed by atoms with van der Waals surface area (Å²) in [6.45, 7) is 0.716. The SMILES string of the molecule is CNc1nc2cc(NCc3ccc(C=O)cc3)ccc2s1. The van der Waals surface area contributed by atoms with Gasteiger partial charge < -0.3 is 10.6 Å². The first-order chi connectivity index (χ1) is 10.3. The van der Waals surface area contributed by atoms with Gasteiger partial charge in [0.05, 0.1) is 10.2 Å². The van der Waals surface area contributed by atoms with Crippen molar-refractivity contribution in [3.63, 3.8) is 0 Å². The Hall–Kier alpha value is -2.40. The monoisotopic (exact) mass is 297 g/mol. The van der Waals surface area contributed by atoms with Crippen molar-refractivity contribution in [2.45, 2.75) is 6.54 Å². The van der Waals surface area contributed by atoms with Gasteiger partial charge in [0.2, 0.25) is 0 Å². The first-order valence-corrected chi connectivity index (χ1v) is 7.46. The summed E-state index contributed by atoms with van der Waals surface area (Å²) in [7, 11) is 1.87.